The number of nitrogens with zero attached hydrogens (tertiary/aromatic N) is 1. The molecule has 7 heavy (non-hydrogen) atoms. The van der Waals surface area contributed by atoms with Crippen LogP contribution in [0.3, 0.4) is 0 Å². The van der Waals surface area contributed by atoms with Gasteiger partial charge in [0.2, 0.25) is 0 Å². The number of hydrogen-bond acceptors (Lipinski definition) is 3. The van der Waals surface area contributed by atoms with Crippen LogP contribution < -0.4 is 5.84 Å². The zero-order chi connectivity index (χ0) is 5.28. The third kappa shape index (κ3) is 0.907. The topological polar surface area (TPSA) is 38.5 Å². The Kier molecular flexibility index (Phi) is 1.27. The van der Waals surface area contributed by atoms with E-state index < -0.39 is 0 Å². The third-order valence-electron chi connectivity index (χ3n) is 1.20. The van der Waals surface area contributed by atoms with Crippen LogP contribution in [0.15, 0.2) is 0 Å². The second kappa shape index (κ2) is 1.78. The molecule has 0 aliphatic carbocycles. The Balaban J connectivity index is 2.14. The lowest BCUT2D eigenvalue weighted by atomic mass is 10.3. The molecule has 0 aromatic heterocycles. The van der Waals surface area contributed by atoms with Crippen molar-refractivity contribution >= 4 is 0 Å². The van der Waals surface area contributed by atoms with Crippen molar-refractivity contribution in [3.63, 3.8) is 0 Å². The van der Waals surface area contributed by atoms with Crippen LogP contribution in [0, 0.1) is 0 Å². The Morgan fingerprint density at radius 2 is 2.29 bits per heavy atom. The van der Waals surface area contributed by atoms with Crippen molar-refractivity contribution in [3.05, 3.63) is 0 Å². The fourth-order valence-corrected chi connectivity index (χ4v) is 0.458. The summed E-state index contributed by atoms with van der Waals surface area (Å²) in [6.07, 6.45) is 0. The number of nitrogens with two attached hydrogens (primary N) is 1. The molecule has 0 aromatic carbocycles. The highest BCUT2D eigenvalue weighted by Gasteiger charge is 2.19. The van der Waals surface area contributed by atoms with Crippen molar-refractivity contribution in [1.29, 1.82) is 0 Å². The molecule has 0 unspecified atom stereocenters. The van der Waals surface area contributed by atoms with Gasteiger partial charge in [-0.15, -0.1) is 0 Å². The molecule has 42 valence electrons. The summed E-state index contributed by atoms with van der Waals surface area (Å²) in [5, 5.41) is 1.68. The molecule has 3 nitrogen and oxygen atoms in total. The predicted molar refractivity (Wildman–Crippen MR) is 26.6 cm³/mol. The van der Waals surface area contributed by atoms with E-state index in [0.29, 0.717) is 6.04 Å². The van der Waals surface area contributed by atoms with Gasteiger partial charge < -0.3 is 4.74 Å². The molecule has 0 spiro atoms. The first-order chi connectivity index (χ1) is 3.30. The van der Waals surface area contributed by atoms with Crippen LogP contribution in [0.5, 0.6) is 0 Å². The van der Waals surface area contributed by atoms with Crippen LogP contribution in [0.25, 0.3) is 0 Å². The van der Waals surface area contributed by atoms with Gasteiger partial charge in [0.1, 0.15) is 0 Å². The first-order valence-electron chi connectivity index (χ1n) is 2.36. The molecule has 1 saturated heterocycles. The van der Waals surface area contributed by atoms with Gasteiger partial charge in [-0.2, -0.15) is 0 Å². The van der Waals surface area contributed by atoms with Crippen LogP contribution in [-0.2, 0) is 4.74 Å². The lowest BCUT2D eigenvalue weighted by molar-refractivity contribution is -0.0564. The van der Waals surface area contributed by atoms with Gasteiger partial charge in [0.15, 0.2) is 0 Å². The van der Waals surface area contributed by atoms with Crippen LogP contribution >= 0.6 is 0 Å². The molecule has 0 saturated carbocycles. The highest BCUT2D eigenvalue weighted by molar-refractivity contribution is 4.70. The summed E-state index contributed by atoms with van der Waals surface area (Å²) in [5.74, 6) is 5.35. The van der Waals surface area contributed by atoms with Gasteiger partial charge in [0.25, 0.3) is 0 Å². The standard InChI is InChI=1S/C4H10N2O/c1-6(5)4-2-7-3-4/h4H,2-3,5H2,1H3. The minimum atomic E-state index is 0.472. The number of rotatable bonds is 1. The highest BCUT2D eigenvalue weighted by atomic mass is 16.5. The normalized spacial score (nSPS) is 22.7. The molecular weight excluding hydrogens is 92.1 g/mol. The summed E-state index contributed by atoms with van der Waals surface area (Å²) < 4.78 is 4.87. The summed E-state index contributed by atoms with van der Waals surface area (Å²) in [6, 6.07) is 0.472. The summed E-state index contributed by atoms with van der Waals surface area (Å²) >= 11 is 0. The monoisotopic (exact) mass is 102 g/mol. The Bertz CT molecular complexity index is 60.7. The maximum atomic E-state index is 5.35. The molecule has 0 bridgehead atoms. The molecule has 2 N–H and O–H groups in total. The van der Waals surface area contributed by atoms with Crippen LogP contribution in [0.2, 0.25) is 0 Å². The minimum absolute atomic E-state index is 0.472. The number of ether oxygens (including phenoxy) is 1. The minimum Gasteiger partial charge on any atom is -0.378 e. The van der Waals surface area contributed by atoms with E-state index in [1.165, 1.54) is 0 Å². The summed E-state index contributed by atoms with van der Waals surface area (Å²) in [4.78, 5) is 0. The van der Waals surface area contributed by atoms with E-state index in [0.717, 1.165) is 13.2 Å². The van der Waals surface area contributed by atoms with Gasteiger partial charge in [0.05, 0.1) is 19.3 Å². The first kappa shape index (κ1) is 5.03. The van der Waals surface area contributed by atoms with Gasteiger partial charge in [0, 0.05) is 7.05 Å². The molecule has 0 amide bonds. The van der Waals surface area contributed by atoms with Crippen LogP contribution in [-0.4, -0.2) is 31.3 Å². The van der Waals surface area contributed by atoms with E-state index in [1.54, 1.807) is 5.01 Å². The van der Waals surface area contributed by atoms with Crippen LogP contribution in [0.1, 0.15) is 0 Å². The molecule has 1 rings (SSSR count). The van der Waals surface area contributed by atoms with Gasteiger partial charge >= 0.3 is 0 Å². The molecule has 0 aromatic rings. The molecule has 1 fully saturated rings. The quantitative estimate of drug-likeness (QED) is 0.347. The summed E-state index contributed by atoms with van der Waals surface area (Å²) in [5.41, 5.74) is 0. The zero-order valence-corrected chi connectivity index (χ0v) is 4.42. The summed E-state index contributed by atoms with van der Waals surface area (Å²) in [7, 11) is 1.85. The van der Waals surface area contributed by atoms with E-state index in [-0.39, 0.29) is 0 Å². The molecule has 1 aliphatic heterocycles. The van der Waals surface area contributed by atoms with Crippen molar-refractivity contribution in [3.8, 4) is 0 Å². The fraction of sp³-hybridized carbons (Fsp3) is 1.00. The fourth-order valence-electron chi connectivity index (χ4n) is 0.458. The largest absolute Gasteiger partial charge is 0.378 e. The van der Waals surface area contributed by atoms with Gasteiger partial charge in [-0.1, -0.05) is 0 Å². The molecule has 3 heteroatoms. The van der Waals surface area contributed by atoms with E-state index in [2.05, 4.69) is 0 Å². The van der Waals surface area contributed by atoms with Gasteiger partial charge in [-0.05, 0) is 0 Å². The van der Waals surface area contributed by atoms with Crippen molar-refractivity contribution in [2.24, 2.45) is 5.84 Å². The van der Waals surface area contributed by atoms with E-state index in [4.69, 9.17) is 10.6 Å². The average Bonchev–Trinajstić information content (AvgIpc) is 1.23. The van der Waals surface area contributed by atoms with Crippen molar-refractivity contribution in [2.45, 2.75) is 6.04 Å². The zero-order valence-electron chi connectivity index (χ0n) is 4.42. The molecule has 1 aliphatic rings. The summed E-state index contributed by atoms with van der Waals surface area (Å²) in [6.45, 7) is 1.60. The SMILES string of the molecule is CN(N)C1COC1. The predicted octanol–water partition coefficient (Wildman–Crippen LogP) is -0.809. The highest BCUT2D eigenvalue weighted by Crippen LogP contribution is 2.02. The van der Waals surface area contributed by atoms with E-state index >= 15 is 0 Å². The molecule has 0 atom stereocenters. The molecular formula is C4H10N2O. The number of hydrazine groups is 1. The van der Waals surface area contributed by atoms with E-state index in [1.807, 2.05) is 7.05 Å². The first-order valence-corrected chi connectivity index (χ1v) is 2.36. The molecule has 1 heterocycles. The lowest BCUT2D eigenvalue weighted by Gasteiger charge is -2.30. The molecule has 0 radical (unpaired) electrons. The van der Waals surface area contributed by atoms with Gasteiger partial charge in [-0.25, -0.2) is 5.01 Å². The van der Waals surface area contributed by atoms with E-state index in [9.17, 15) is 0 Å². The number of likely N-dealkylation sites (N-methyl/N-ethyl adjacent to an activating group) is 1. The average molecular weight is 102 g/mol. The lowest BCUT2D eigenvalue weighted by Crippen LogP contribution is -2.50. The Hall–Kier alpha value is -0.120. The van der Waals surface area contributed by atoms with Crippen molar-refractivity contribution in [1.82, 2.24) is 5.01 Å². The Morgan fingerprint density at radius 3 is 2.29 bits per heavy atom. The third-order valence-corrected chi connectivity index (χ3v) is 1.20. The second-order valence-corrected chi connectivity index (χ2v) is 1.86. The van der Waals surface area contributed by atoms with Crippen molar-refractivity contribution < 1.29 is 4.74 Å². The Morgan fingerprint density at radius 1 is 1.71 bits per heavy atom. The second-order valence-electron chi connectivity index (χ2n) is 1.86. The Labute approximate surface area is 43.0 Å². The number of hydrogen-bond donors (Lipinski definition) is 1. The maximum Gasteiger partial charge on any atom is 0.0705 e. The van der Waals surface area contributed by atoms with Crippen molar-refractivity contribution in [2.75, 3.05) is 20.3 Å². The van der Waals surface area contributed by atoms with Gasteiger partial charge in [-0.3, -0.25) is 5.84 Å². The van der Waals surface area contributed by atoms with Crippen LogP contribution in [0.4, 0.5) is 0 Å². The smallest absolute Gasteiger partial charge is 0.0705 e. The maximum absolute atomic E-state index is 5.35.